The van der Waals surface area contributed by atoms with Crippen LogP contribution in [0.25, 0.3) is 0 Å². The Morgan fingerprint density at radius 2 is 2.38 bits per heavy atom. The first-order chi connectivity index (χ1) is 7.86. The lowest BCUT2D eigenvalue weighted by atomic mass is 10.0. The van der Waals surface area contributed by atoms with Gasteiger partial charge in [-0.1, -0.05) is 25.1 Å². The molecule has 0 amide bonds. The molecule has 1 aromatic rings. The van der Waals surface area contributed by atoms with Crippen LogP contribution in [0.15, 0.2) is 18.2 Å². The summed E-state index contributed by atoms with van der Waals surface area (Å²) in [6.45, 7) is 4.71. The van der Waals surface area contributed by atoms with Crippen molar-refractivity contribution in [3.63, 3.8) is 0 Å². The van der Waals surface area contributed by atoms with Crippen molar-refractivity contribution >= 4 is 0 Å². The minimum atomic E-state index is 0.121. The van der Waals surface area contributed by atoms with Gasteiger partial charge in [0, 0.05) is 18.7 Å². The van der Waals surface area contributed by atoms with Crippen LogP contribution in [-0.4, -0.2) is 26.8 Å². The zero-order chi connectivity index (χ0) is 11.4. The zero-order valence-corrected chi connectivity index (χ0v) is 9.95. The average Bonchev–Trinajstić information content (AvgIpc) is 2.38. The van der Waals surface area contributed by atoms with Crippen LogP contribution >= 0.6 is 0 Å². The molecule has 1 aliphatic heterocycles. The quantitative estimate of drug-likeness (QED) is 0.846. The maximum absolute atomic E-state index is 5.76. The maximum Gasteiger partial charge on any atom is 0.127 e. The highest BCUT2D eigenvalue weighted by Gasteiger charge is 2.20. The molecule has 16 heavy (non-hydrogen) atoms. The topological polar surface area (TPSA) is 30.5 Å². The SMILES string of the molecule is CCc1cccc(C2CNCCO2)c1OC. The van der Waals surface area contributed by atoms with E-state index < -0.39 is 0 Å². The van der Waals surface area contributed by atoms with Gasteiger partial charge in [-0.3, -0.25) is 0 Å². The molecular weight excluding hydrogens is 202 g/mol. The molecule has 0 radical (unpaired) electrons. The van der Waals surface area contributed by atoms with Crippen LogP contribution in [-0.2, 0) is 11.2 Å². The van der Waals surface area contributed by atoms with Gasteiger partial charge in [-0.2, -0.15) is 0 Å². The van der Waals surface area contributed by atoms with Gasteiger partial charge in [0.25, 0.3) is 0 Å². The van der Waals surface area contributed by atoms with E-state index in [4.69, 9.17) is 9.47 Å². The van der Waals surface area contributed by atoms with Crippen molar-refractivity contribution in [3.05, 3.63) is 29.3 Å². The number of hydrogen-bond acceptors (Lipinski definition) is 3. The van der Waals surface area contributed by atoms with Crippen molar-refractivity contribution in [1.29, 1.82) is 0 Å². The Labute approximate surface area is 96.8 Å². The first kappa shape index (κ1) is 11.4. The summed E-state index contributed by atoms with van der Waals surface area (Å²) in [6.07, 6.45) is 1.10. The predicted molar refractivity (Wildman–Crippen MR) is 63.9 cm³/mol. The summed E-state index contributed by atoms with van der Waals surface area (Å²) in [4.78, 5) is 0. The number of nitrogens with one attached hydrogen (secondary N) is 1. The highest BCUT2D eigenvalue weighted by molar-refractivity contribution is 5.43. The molecule has 0 bridgehead atoms. The average molecular weight is 221 g/mol. The number of morpholine rings is 1. The lowest BCUT2D eigenvalue weighted by Crippen LogP contribution is -2.33. The van der Waals surface area contributed by atoms with Gasteiger partial charge < -0.3 is 14.8 Å². The van der Waals surface area contributed by atoms with E-state index in [2.05, 4.69) is 30.4 Å². The molecule has 2 rings (SSSR count). The van der Waals surface area contributed by atoms with Gasteiger partial charge >= 0.3 is 0 Å². The van der Waals surface area contributed by atoms with Crippen LogP contribution in [0.3, 0.4) is 0 Å². The molecule has 0 aliphatic carbocycles. The summed E-state index contributed by atoms with van der Waals surface area (Å²) in [5.74, 6) is 0.985. The molecule has 1 aromatic carbocycles. The summed E-state index contributed by atoms with van der Waals surface area (Å²) in [5, 5.41) is 3.34. The highest BCUT2D eigenvalue weighted by atomic mass is 16.5. The minimum Gasteiger partial charge on any atom is -0.496 e. The Balaban J connectivity index is 2.30. The number of methoxy groups -OCH3 is 1. The molecule has 3 nitrogen and oxygen atoms in total. The molecule has 0 spiro atoms. The van der Waals surface area contributed by atoms with Crippen molar-refractivity contribution < 1.29 is 9.47 Å². The van der Waals surface area contributed by atoms with Crippen LogP contribution in [0.5, 0.6) is 5.75 Å². The third-order valence-electron chi connectivity index (χ3n) is 2.99. The van der Waals surface area contributed by atoms with E-state index in [1.54, 1.807) is 7.11 Å². The van der Waals surface area contributed by atoms with E-state index >= 15 is 0 Å². The van der Waals surface area contributed by atoms with Gasteiger partial charge in [0.2, 0.25) is 0 Å². The standard InChI is InChI=1S/C13H19NO2/c1-3-10-5-4-6-11(13(10)15-2)12-9-14-7-8-16-12/h4-6,12,14H,3,7-9H2,1-2H3. The van der Waals surface area contributed by atoms with E-state index in [0.717, 1.165) is 37.4 Å². The fourth-order valence-electron chi connectivity index (χ4n) is 2.15. The third kappa shape index (κ3) is 2.20. The molecule has 1 atom stereocenters. The third-order valence-corrected chi connectivity index (χ3v) is 2.99. The van der Waals surface area contributed by atoms with Crippen LogP contribution in [0.1, 0.15) is 24.2 Å². The molecule has 0 aromatic heterocycles. The Morgan fingerprint density at radius 1 is 1.50 bits per heavy atom. The Bertz CT molecular complexity index is 346. The summed E-state index contributed by atoms with van der Waals surface area (Å²) in [6, 6.07) is 6.28. The summed E-state index contributed by atoms with van der Waals surface area (Å²) >= 11 is 0. The minimum absolute atomic E-state index is 0.121. The van der Waals surface area contributed by atoms with Crippen LogP contribution in [0, 0.1) is 0 Å². The smallest absolute Gasteiger partial charge is 0.127 e. The second-order valence-corrected chi connectivity index (χ2v) is 3.96. The van der Waals surface area contributed by atoms with Crippen molar-refractivity contribution in [1.82, 2.24) is 5.32 Å². The molecule has 88 valence electrons. The maximum atomic E-state index is 5.76. The fourth-order valence-corrected chi connectivity index (χ4v) is 2.15. The fraction of sp³-hybridized carbons (Fsp3) is 0.538. The van der Waals surface area contributed by atoms with Gasteiger partial charge in [0.05, 0.1) is 19.8 Å². The van der Waals surface area contributed by atoms with Gasteiger partial charge in [-0.15, -0.1) is 0 Å². The number of hydrogen-bond donors (Lipinski definition) is 1. The molecule has 1 saturated heterocycles. The van der Waals surface area contributed by atoms with Crippen LogP contribution in [0.2, 0.25) is 0 Å². The van der Waals surface area contributed by atoms with E-state index in [0.29, 0.717) is 0 Å². The number of para-hydroxylation sites is 1. The lowest BCUT2D eigenvalue weighted by Gasteiger charge is -2.26. The molecule has 0 saturated carbocycles. The predicted octanol–water partition coefficient (Wildman–Crippen LogP) is 1.92. The van der Waals surface area contributed by atoms with E-state index in [9.17, 15) is 0 Å². The Kier molecular flexibility index (Phi) is 3.80. The van der Waals surface area contributed by atoms with Gasteiger partial charge in [0.1, 0.15) is 5.75 Å². The molecular formula is C13H19NO2. The first-order valence-corrected chi connectivity index (χ1v) is 5.85. The molecule has 1 fully saturated rings. The Hall–Kier alpha value is -1.06. The number of ether oxygens (including phenoxy) is 2. The van der Waals surface area contributed by atoms with E-state index in [-0.39, 0.29) is 6.10 Å². The van der Waals surface area contributed by atoms with E-state index in [1.165, 1.54) is 5.56 Å². The lowest BCUT2D eigenvalue weighted by molar-refractivity contribution is 0.0262. The highest BCUT2D eigenvalue weighted by Crippen LogP contribution is 2.31. The molecule has 1 aliphatic rings. The van der Waals surface area contributed by atoms with Crippen LogP contribution < -0.4 is 10.1 Å². The molecule has 1 heterocycles. The van der Waals surface area contributed by atoms with Crippen molar-refractivity contribution in [2.45, 2.75) is 19.4 Å². The molecule has 3 heteroatoms. The molecule has 1 unspecified atom stereocenters. The van der Waals surface area contributed by atoms with Crippen molar-refractivity contribution in [3.8, 4) is 5.75 Å². The largest absolute Gasteiger partial charge is 0.496 e. The second-order valence-electron chi connectivity index (χ2n) is 3.96. The first-order valence-electron chi connectivity index (χ1n) is 5.85. The Morgan fingerprint density at radius 3 is 3.00 bits per heavy atom. The normalized spacial score (nSPS) is 20.8. The van der Waals surface area contributed by atoms with Gasteiger partial charge in [0.15, 0.2) is 0 Å². The second kappa shape index (κ2) is 5.32. The van der Waals surface area contributed by atoms with E-state index in [1.807, 2.05) is 0 Å². The summed E-state index contributed by atoms with van der Waals surface area (Å²) in [5.41, 5.74) is 2.41. The van der Waals surface area contributed by atoms with Crippen LogP contribution in [0.4, 0.5) is 0 Å². The van der Waals surface area contributed by atoms with Gasteiger partial charge in [-0.25, -0.2) is 0 Å². The monoisotopic (exact) mass is 221 g/mol. The number of aryl methyl sites for hydroxylation is 1. The summed E-state index contributed by atoms with van der Waals surface area (Å²) in [7, 11) is 1.73. The van der Waals surface area contributed by atoms with Crippen molar-refractivity contribution in [2.24, 2.45) is 0 Å². The van der Waals surface area contributed by atoms with Crippen molar-refractivity contribution in [2.75, 3.05) is 26.8 Å². The molecule has 1 N–H and O–H groups in total. The summed E-state index contributed by atoms with van der Waals surface area (Å²) < 4.78 is 11.3. The number of rotatable bonds is 3. The zero-order valence-electron chi connectivity index (χ0n) is 9.95. The van der Waals surface area contributed by atoms with Gasteiger partial charge in [-0.05, 0) is 12.0 Å². The number of benzene rings is 1.